The number of carbonyl (C=O) groups excluding carboxylic acids is 1. The van der Waals surface area contributed by atoms with E-state index in [4.69, 9.17) is 19.2 Å². The van der Waals surface area contributed by atoms with Gasteiger partial charge in [-0.2, -0.15) is 0 Å². The van der Waals surface area contributed by atoms with Gasteiger partial charge in [-0.1, -0.05) is 6.07 Å². The second-order valence-corrected chi connectivity index (χ2v) is 10.4. The Labute approximate surface area is 221 Å². The molecule has 4 atom stereocenters. The molecular formula is C28H36N4O6. The third-order valence-electron chi connectivity index (χ3n) is 7.28. The molecule has 38 heavy (non-hydrogen) atoms. The van der Waals surface area contributed by atoms with E-state index in [0.29, 0.717) is 38.3 Å². The SMILES string of the molecule is Cc1cc(-c2nc3cc(CN[C@H](C(=O)OC4CCOC4)[C@@H](C)O)ccc3n2CC2CCCO2)cn(C)c1=O. The number of aromatic nitrogens is 3. The summed E-state index contributed by atoms with van der Waals surface area (Å²) < 4.78 is 20.5. The molecule has 2 aliphatic rings. The Morgan fingerprint density at radius 3 is 2.82 bits per heavy atom. The van der Waals surface area contributed by atoms with Crippen molar-refractivity contribution in [3.63, 3.8) is 0 Å². The number of hydrogen-bond donors (Lipinski definition) is 2. The van der Waals surface area contributed by atoms with Crippen molar-refractivity contribution in [1.29, 1.82) is 0 Å². The zero-order valence-corrected chi connectivity index (χ0v) is 22.2. The Kier molecular flexibility index (Phi) is 7.94. The molecule has 2 saturated heterocycles. The van der Waals surface area contributed by atoms with Crippen LogP contribution in [-0.4, -0.2) is 69.4 Å². The molecule has 0 spiro atoms. The van der Waals surface area contributed by atoms with Gasteiger partial charge in [0, 0.05) is 43.9 Å². The number of carbonyl (C=O) groups is 1. The third kappa shape index (κ3) is 5.68. The number of aliphatic hydroxyl groups is 1. The molecule has 2 N–H and O–H groups in total. The zero-order chi connectivity index (χ0) is 26.8. The molecule has 10 heteroatoms. The van der Waals surface area contributed by atoms with E-state index in [1.54, 1.807) is 18.5 Å². The van der Waals surface area contributed by atoms with Gasteiger partial charge in [-0.15, -0.1) is 0 Å². The van der Waals surface area contributed by atoms with E-state index in [-0.39, 0.29) is 17.8 Å². The van der Waals surface area contributed by atoms with E-state index >= 15 is 0 Å². The maximum Gasteiger partial charge on any atom is 0.326 e. The van der Waals surface area contributed by atoms with Crippen LogP contribution in [0.15, 0.2) is 35.3 Å². The summed E-state index contributed by atoms with van der Waals surface area (Å²) in [6.07, 6.45) is 3.46. The predicted octanol–water partition coefficient (Wildman–Crippen LogP) is 2.06. The quantitative estimate of drug-likeness (QED) is 0.409. The molecule has 5 rings (SSSR count). The summed E-state index contributed by atoms with van der Waals surface area (Å²) >= 11 is 0. The number of aryl methyl sites for hydroxylation is 2. The fraction of sp³-hybridized carbons (Fsp3) is 0.536. The van der Waals surface area contributed by atoms with Crippen LogP contribution in [0.25, 0.3) is 22.4 Å². The average molecular weight is 525 g/mol. The summed E-state index contributed by atoms with van der Waals surface area (Å²) in [5, 5.41) is 13.4. The minimum atomic E-state index is -0.918. The lowest BCUT2D eigenvalue weighted by Gasteiger charge is -2.22. The first-order valence-electron chi connectivity index (χ1n) is 13.3. The Hall–Kier alpha value is -3.05. The predicted molar refractivity (Wildman–Crippen MR) is 142 cm³/mol. The van der Waals surface area contributed by atoms with E-state index in [1.807, 2.05) is 37.4 Å². The number of nitrogens with one attached hydrogen (secondary N) is 1. The Morgan fingerprint density at radius 1 is 1.29 bits per heavy atom. The number of pyridine rings is 1. The van der Waals surface area contributed by atoms with Gasteiger partial charge in [-0.25, -0.2) is 4.98 Å². The van der Waals surface area contributed by atoms with Crippen LogP contribution in [0.4, 0.5) is 0 Å². The highest BCUT2D eigenvalue weighted by Gasteiger charge is 2.29. The Morgan fingerprint density at radius 2 is 2.13 bits per heavy atom. The first kappa shape index (κ1) is 26.6. The molecule has 0 bridgehead atoms. The monoisotopic (exact) mass is 524 g/mol. The summed E-state index contributed by atoms with van der Waals surface area (Å²) in [4.78, 5) is 29.9. The maximum absolute atomic E-state index is 12.7. The molecule has 2 unspecified atom stereocenters. The van der Waals surface area contributed by atoms with Gasteiger partial charge in [0.1, 0.15) is 18.0 Å². The van der Waals surface area contributed by atoms with Crippen LogP contribution in [-0.2, 0) is 39.1 Å². The van der Waals surface area contributed by atoms with Crippen molar-refractivity contribution in [3.05, 3.63) is 51.9 Å². The van der Waals surface area contributed by atoms with Gasteiger partial charge in [0.15, 0.2) is 0 Å². The molecule has 204 valence electrons. The first-order valence-corrected chi connectivity index (χ1v) is 13.3. The average Bonchev–Trinajstić information content (AvgIpc) is 3.65. The largest absolute Gasteiger partial charge is 0.459 e. The summed E-state index contributed by atoms with van der Waals surface area (Å²) in [6, 6.07) is 7.04. The van der Waals surface area contributed by atoms with E-state index in [2.05, 4.69) is 9.88 Å². The summed E-state index contributed by atoms with van der Waals surface area (Å²) in [5.74, 6) is 0.299. The van der Waals surface area contributed by atoms with Crippen LogP contribution in [0.2, 0.25) is 0 Å². The van der Waals surface area contributed by atoms with E-state index in [0.717, 1.165) is 47.4 Å². The number of fused-ring (bicyclic) bond motifs is 1. The fourth-order valence-electron chi connectivity index (χ4n) is 5.20. The second-order valence-electron chi connectivity index (χ2n) is 10.4. The molecule has 0 saturated carbocycles. The van der Waals surface area contributed by atoms with E-state index < -0.39 is 18.1 Å². The molecule has 2 aromatic heterocycles. The highest BCUT2D eigenvalue weighted by molar-refractivity contribution is 5.81. The van der Waals surface area contributed by atoms with E-state index in [9.17, 15) is 14.7 Å². The number of aliphatic hydroxyl groups excluding tert-OH is 1. The molecule has 1 aromatic carbocycles. The number of ether oxygens (including phenoxy) is 3. The number of nitrogens with zero attached hydrogens (tertiary/aromatic N) is 3. The van der Waals surface area contributed by atoms with Crippen LogP contribution >= 0.6 is 0 Å². The van der Waals surface area contributed by atoms with Crippen molar-refractivity contribution in [2.24, 2.45) is 7.05 Å². The van der Waals surface area contributed by atoms with Crippen molar-refractivity contribution in [2.75, 3.05) is 19.8 Å². The van der Waals surface area contributed by atoms with Crippen molar-refractivity contribution in [1.82, 2.24) is 19.4 Å². The van der Waals surface area contributed by atoms with Gasteiger partial charge in [0.2, 0.25) is 0 Å². The lowest BCUT2D eigenvalue weighted by atomic mass is 10.1. The van der Waals surface area contributed by atoms with Crippen LogP contribution in [0, 0.1) is 6.92 Å². The van der Waals surface area contributed by atoms with Crippen LogP contribution in [0.3, 0.4) is 0 Å². The molecule has 0 amide bonds. The van der Waals surface area contributed by atoms with Crippen LogP contribution in [0.1, 0.15) is 37.3 Å². The topological polar surface area (TPSA) is 117 Å². The molecule has 3 aromatic rings. The van der Waals surface area contributed by atoms with Crippen molar-refractivity contribution in [2.45, 2.75) is 70.6 Å². The first-order chi connectivity index (χ1) is 18.3. The number of esters is 1. The minimum absolute atomic E-state index is 0.0319. The summed E-state index contributed by atoms with van der Waals surface area (Å²) in [7, 11) is 1.75. The van der Waals surface area contributed by atoms with Crippen molar-refractivity contribution >= 4 is 17.0 Å². The maximum atomic E-state index is 12.7. The van der Waals surface area contributed by atoms with E-state index in [1.165, 1.54) is 0 Å². The Bertz CT molecular complexity index is 1330. The number of hydrogen-bond acceptors (Lipinski definition) is 8. The van der Waals surface area contributed by atoms with Gasteiger partial charge < -0.3 is 28.5 Å². The summed E-state index contributed by atoms with van der Waals surface area (Å²) in [5.41, 5.74) is 4.19. The lowest BCUT2D eigenvalue weighted by Crippen LogP contribution is -2.46. The molecule has 0 radical (unpaired) electrons. The fourth-order valence-corrected chi connectivity index (χ4v) is 5.20. The molecule has 0 aliphatic carbocycles. The van der Waals surface area contributed by atoms with Crippen LogP contribution < -0.4 is 10.9 Å². The van der Waals surface area contributed by atoms with Crippen LogP contribution in [0.5, 0.6) is 0 Å². The van der Waals surface area contributed by atoms with Gasteiger partial charge >= 0.3 is 5.97 Å². The molecule has 2 aliphatic heterocycles. The second kappa shape index (κ2) is 11.4. The minimum Gasteiger partial charge on any atom is -0.459 e. The summed E-state index contributed by atoms with van der Waals surface area (Å²) in [6.45, 7) is 6.14. The molecule has 4 heterocycles. The van der Waals surface area contributed by atoms with Crippen molar-refractivity contribution in [3.8, 4) is 11.4 Å². The standard InChI is InChI=1S/C28H36N4O6/c1-17-11-20(14-31(3)27(17)34)26-30-23-12-19(6-7-24(23)32(26)15-21-5-4-9-37-21)13-29-25(18(2)33)28(35)38-22-8-10-36-16-22/h6-7,11-12,14,18,21-22,25,29,33H,4-5,8-10,13,15-16H2,1-3H3/t18-,21?,22?,25+/m1/s1. The highest BCUT2D eigenvalue weighted by atomic mass is 16.6. The van der Waals surface area contributed by atoms with Gasteiger partial charge in [-0.3, -0.25) is 14.9 Å². The van der Waals surface area contributed by atoms with Gasteiger partial charge in [0.25, 0.3) is 5.56 Å². The third-order valence-corrected chi connectivity index (χ3v) is 7.28. The smallest absolute Gasteiger partial charge is 0.326 e. The molecule has 10 nitrogen and oxygen atoms in total. The number of imidazole rings is 1. The number of rotatable bonds is 9. The van der Waals surface area contributed by atoms with Gasteiger partial charge in [-0.05, 0) is 50.5 Å². The lowest BCUT2D eigenvalue weighted by molar-refractivity contribution is -0.154. The normalized spacial score (nSPS) is 21.2. The highest BCUT2D eigenvalue weighted by Crippen LogP contribution is 2.28. The molecule has 2 fully saturated rings. The number of benzene rings is 1. The van der Waals surface area contributed by atoms with Crippen molar-refractivity contribution < 1.29 is 24.1 Å². The van der Waals surface area contributed by atoms with Gasteiger partial charge in [0.05, 0.1) is 43.0 Å². The zero-order valence-electron chi connectivity index (χ0n) is 22.2. The molecular weight excluding hydrogens is 488 g/mol. The Balaban J connectivity index is 1.41.